The molecule has 0 radical (unpaired) electrons. The molecule has 5 nitrogen and oxygen atoms in total. The maximum Gasteiger partial charge on any atom is 0.253 e. The zero-order chi connectivity index (χ0) is 14.0. The average molecular weight is 319 g/mol. The lowest BCUT2D eigenvalue weighted by Gasteiger charge is -2.16. The maximum atomic E-state index is 12.2. The van der Waals surface area contributed by atoms with E-state index in [0.717, 1.165) is 19.2 Å². The zero-order valence-corrected chi connectivity index (χ0v) is 13.1. The second-order valence-corrected chi connectivity index (χ2v) is 6.84. The fourth-order valence-electron chi connectivity index (χ4n) is 2.21. The molecule has 1 aromatic carbocycles. The highest BCUT2D eigenvalue weighted by Crippen LogP contribution is 2.15. The molecule has 0 saturated carbocycles. The van der Waals surface area contributed by atoms with E-state index >= 15 is 0 Å². The summed E-state index contributed by atoms with van der Waals surface area (Å²) in [7, 11) is -1.32. The first-order valence-corrected chi connectivity index (χ1v) is 8.07. The lowest BCUT2D eigenvalue weighted by Crippen LogP contribution is -2.33. The number of benzene rings is 1. The highest BCUT2D eigenvalue weighted by molar-refractivity contribution is 7.90. The molecule has 1 saturated heterocycles. The van der Waals surface area contributed by atoms with Crippen LogP contribution in [0.15, 0.2) is 29.2 Å². The minimum Gasteiger partial charge on any atom is -0.337 e. The summed E-state index contributed by atoms with van der Waals surface area (Å²) >= 11 is 0. The van der Waals surface area contributed by atoms with Crippen molar-refractivity contribution in [2.24, 2.45) is 0 Å². The first-order chi connectivity index (χ1) is 8.91. The summed E-state index contributed by atoms with van der Waals surface area (Å²) < 4.78 is 22.7. The Labute approximate surface area is 125 Å². The van der Waals surface area contributed by atoms with Crippen LogP contribution in [-0.4, -0.2) is 51.7 Å². The number of carbonyl (C=O) groups is 1. The second kappa shape index (κ2) is 6.56. The number of likely N-dealkylation sites (tertiary alicyclic amines) is 1. The third-order valence-corrected chi connectivity index (χ3v) is 4.54. The Balaban J connectivity index is 0.00000200. The summed E-state index contributed by atoms with van der Waals surface area (Å²) in [4.78, 5) is 14.2. The first-order valence-electron chi connectivity index (χ1n) is 6.18. The van der Waals surface area contributed by atoms with Crippen LogP contribution in [0.3, 0.4) is 0 Å². The van der Waals surface area contributed by atoms with Gasteiger partial charge in [-0.3, -0.25) is 4.79 Å². The molecule has 1 aliphatic heterocycles. The van der Waals surface area contributed by atoms with Gasteiger partial charge in [-0.1, -0.05) is 0 Å². The fraction of sp³-hybridized carbons (Fsp3) is 0.462. The minimum atomic E-state index is -3.21. The molecule has 0 aliphatic carbocycles. The number of carbonyl (C=O) groups excluding carboxylic acids is 1. The van der Waals surface area contributed by atoms with Crippen molar-refractivity contribution in [1.29, 1.82) is 0 Å². The van der Waals surface area contributed by atoms with Gasteiger partial charge in [-0.15, -0.1) is 12.4 Å². The molecule has 0 bridgehead atoms. The fourth-order valence-corrected chi connectivity index (χ4v) is 2.84. The zero-order valence-electron chi connectivity index (χ0n) is 11.5. The molecule has 112 valence electrons. The molecule has 1 aliphatic rings. The van der Waals surface area contributed by atoms with Crippen LogP contribution in [0.5, 0.6) is 0 Å². The van der Waals surface area contributed by atoms with Crippen molar-refractivity contribution >= 4 is 28.2 Å². The van der Waals surface area contributed by atoms with E-state index in [4.69, 9.17) is 0 Å². The molecular weight excluding hydrogens is 300 g/mol. The summed E-state index contributed by atoms with van der Waals surface area (Å²) in [6.45, 7) is 1.43. The van der Waals surface area contributed by atoms with E-state index in [-0.39, 0.29) is 23.2 Å². The van der Waals surface area contributed by atoms with E-state index in [9.17, 15) is 13.2 Å². The number of halogens is 1. The normalized spacial score (nSPS) is 18.7. The number of rotatable bonds is 3. The number of nitrogens with one attached hydrogen (secondary N) is 1. The van der Waals surface area contributed by atoms with Crippen LogP contribution < -0.4 is 5.32 Å². The van der Waals surface area contributed by atoms with Gasteiger partial charge in [0, 0.05) is 31.0 Å². The molecular formula is C13H19ClN2O3S. The molecule has 0 aromatic heterocycles. The molecule has 1 unspecified atom stereocenters. The quantitative estimate of drug-likeness (QED) is 0.901. The Morgan fingerprint density at radius 1 is 1.30 bits per heavy atom. The summed E-state index contributed by atoms with van der Waals surface area (Å²) in [5.41, 5.74) is 0.532. The Kier molecular flexibility index (Phi) is 5.56. The van der Waals surface area contributed by atoms with Crippen LogP contribution >= 0.6 is 12.4 Å². The van der Waals surface area contributed by atoms with Crippen molar-refractivity contribution < 1.29 is 13.2 Å². The van der Waals surface area contributed by atoms with Gasteiger partial charge in [0.2, 0.25) is 0 Å². The molecule has 1 aromatic rings. The van der Waals surface area contributed by atoms with Crippen molar-refractivity contribution in [3.05, 3.63) is 29.8 Å². The van der Waals surface area contributed by atoms with Crippen LogP contribution in [0.25, 0.3) is 0 Å². The van der Waals surface area contributed by atoms with Gasteiger partial charge in [-0.2, -0.15) is 0 Å². The van der Waals surface area contributed by atoms with Crippen LogP contribution in [0.1, 0.15) is 16.8 Å². The third kappa shape index (κ3) is 3.71. The Morgan fingerprint density at radius 3 is 2.35 bits per heavy atom. The number of hydrogen-bond donors (Lipinski definition) is 1. The highest BCUT2D eigenvalue weighted by atomic mass is 35.5. The molecule has 7 heteroatoms. The van der Waals surface area contributed by atoms with Gasteiger partial charge in [-0.05, 0) is 37.7 Å². The van der Waals surface area contributed by atoms with E-state index in [1.54, 1.807) is 17.0 Å². The van der Waals surface area contributed by atoms with Crippen LogP contribution in [0.4, 0.5) is 0 Å². The third-order valence-electron chi connectivity index (χ3n) is 3.41. The van der Waals surface area contributed by atoms with E-state index in [0.29, 0.717) is 18.2 Å². The number of likely N-dealkylation sites (N-methyl/N-ethyl adjacent to an activating group) is 1. The lowest BCUT2D eigenvalue weighted by molar-refractivity contribution is 0.0789. The van der Waals surface area contributed by atoms with E-state index in [1.165, 1.54) is 12.1 Å². The predicted octanol–water partition coefficient (Wildman–Crippen LogP) is 0.946. The Bertz CT molecular complexity index is 572. The van der Waals surface area contributed by atoms with Gasteiger partial charge in [0.05, 0.1) is 4.90 Å². The number of amides is 1. The van der Waals surface area contributed by atoms with Gasteiger partial charge in [-0.25, -0.2) is 8.42 Å². The van der Waals surface area contributed by atoms with Crippen LogP contribution in [0.2, 0.25) is 0 Å². The highest BCUT2D eigenvalue weighted by Gasteiger charge is 2.25. The van der Waals surface area contributed by atoms with E-state index in [1.807, 2.05) is 7.05 Å². The minimum absolute atomic E-state index is 0. The smallest absolute Gasteiger partial charge is 0.253 e. The molecule has 1 heterocycles. The summed E-state index contributed by atoms with van der Waals surface area (Å²) in [5.74, 6) is -0.0437. The van der Waals surface area contributed by atoms with Crippen molar-refractivity contribution in [3.63, 3.8) is 0 Å². The molecule has 1 atom stereocenters. The molecule has 0 spiro atoms. The van der Waals surface area contributed by atoms with Crippen molar-refractivity contribution in [2.75, 3.05) is 26.4 Å². The molecule has 2 rings (SSSR count). The Morgan fingerprint density at radius 2 is 1.90 bits per heavy atom. The molecule has 1 N–H and O–H groups in total. The number of hydrogen-bond acceptors (Lipinski definition) is 4. The SMILES string of the molecule is CNC1CCN(C(=O)c2ccc(S(C)(=O)=O)cc2)C1.Cl. The number of nitrogens with zero attached hydrogens (tertiary/aromatic N) is 1. The maximum absolute atomic E-state index is 12.2. The first kappa shape index (κ1) is 16.9. The van der Waals surface area contributed by atoms with Crippen LogP contribution in [-0.2, 0) is 9.84 Å². The standard InChI is InChI=1S/C13H18N2O3S.ClH/c1-14-11-7-8-15(9-11)13(16)10-3-5-12(6-4-10)19(2,17)18;/h3-6,11,14H,7-9H2,1-2H3;1H. The molecule has 1 amide bonds. The second-order valence-electron chi connectivity index (χ2n) is 4.82. The molecule has 20 heavy (non-hydrogen) atoms. The van der Waals surface area contributed by atoms with Crippen molar-refractivity contribution in [3.8, 4) is 0 Å². The summed E-state index contributed by atoms with van der Waals surface area (Å²) in [6, 6.07) is 6.46. The summed E-state index contributed by atoms with van der Waals surface area (Å²) in [6.07, 6.45) is 2.10. The van der Waals surface area contributed by atoms with Crippen molar-refractivity contribution in [1.82, 2.24) is 10.2 Å². The number of sulfone groups is 1. The average Bonchev–Trinajstić information content (AvgIpc) is 2.86. The van der Waals surface area contributed by atoms with E-state index in [2.05, 4.69) is 5.32 Å². The molecule has 1 fully saturated rings. The topological polar surface area (TPSA) is 66.5 Å². The Hall–Kier alpha value is -1.11. The van der Waals surface area contributed by atoms with Gasteiger partial charge in [0.25, 0.3) is 5.91 Å². The van der Waals surface area contributed by atoms with Gasteiger partial charge < -0.3 is 10.2 Å². The van der Waals surface area contributed by atoms with Gasteiger partial charge >= 0.3 is 0 Å². The lowest BCUT2D eigenvalue weighted by atomic mass is 10.2. The van der Waals surface area contributed by atoms with E-state index < -0.39 is 9.84 Å². The van der Waals surface area contributed by atoms with Gasteiger partial charge in [0.1, 0.15) is 0 Å². The predicted molar refractivity (Wildman–Crippen MR) is 80.2 cm³/mol. The van der Waals surface area contributed by atoms with Crippen molar-refractivity contribution in [2.45, 2.75) is 17.4 Å². The monoisotopic (exact) mass is 318 g/mol. The summed E-state index contributed by atoms with van der Waals surface area (Å²) in [5, 5.41) is 3.16. The largest absolute Gasteiger partial charge is 0.337 e. The van der Waals surface area contributed by atoms with Crippen LogP contribution in [0, 0.1) is 0 Å². The van der Waals surface area contributed by atoms with Gasteiger partial charge in [0.15, 0.2) is 9.84 Å².